The lowest BCUT2D eigenvalue weighted by Crippen LogP contribution is -2.01. The number of methoxy groups -OCH3 is 1. The molecule has 23 heavy (non-hydrogen) atoms. The lowest BCUT2D eigenvalue weighted by atomic mass is 10.1. The van der Waals surface area contributed by atoms with Crippen LogP contribution < -0.4 is 4.74 Å². The minimum Gasteiger partial charge on any atom is -0.481 e. The smallest absolute Gasteiger partial charge is 0.216 e. The molecule has 0 N–H and O–H groups in total. The Bertz CT molecular complexity index is 872. The molecule has 0 fully saturated rings. The topological polar surface area (TPSA) is 60.8 Å². The summed E-state index contributed by atoms with van der Waals surface area (Å²) in [6, 6.07) is 9.49. The van der Waals surface area contributed by atoms with Gasteiger partial charge in [0, 0.05) is 23.4 Å². The van der Waals surface area contributed by atoms with E-state index in [2.05, 4.69) is 19.9 Å². The molecule has 0 atom stereocenters. The Morgan fingerprint density at radius 3 is 2.48 bits per heavy atom. The van der Waals surface area contributed by atoms with E-state index in [0.29, 0.717) is 22.8 Å². The standard InChI is InChI=1S/C16H12ClFN4O/c1-9-7-14(23-2)22-15(19-9)16-20-12(8-13(17)21-16)10-5-3-4-6-11(10)18/h3-8H,1-2H3. The number of hydrogen-bond acceptors (Lipinski definition) is 5. The summed E-state index contributed by atoms with van der Waals surface area (Å²) < 4.78 is 19.1. The molecule has 0 aliphatic rings. The van der Waals surface area contributed by atoms with E-state index >= 15 is 0 Å². The van der Waals surface area contributed by atoms with Crippen molar-refractivity contribution in [3.63, 3.8) is 0 Å². The molecule has 7 heteroatoms. The average Bonchev–Trinajstić information content (AvgIpc) is 2.54. The molecule has 116 valence electrons. The molecule has 2 aromatic heterocycles. The van der Waals surface area contributed by atoms with E-state index in [1.165, 1.54) is 19.2 Å². The van der Waals surface area contributed by atoms with Crippen molar-refractivity contribution in [2.75, 3.05) is 7.11 Å². The summed E-state index contributed by atoms with van der Waals surface area (Å²) >= 11 is 6.06. The van der Waals surface area contributed by atoms with Crippen LogP contribution in [0.4, 0.5) is 4.39 Å². The molecule has 0 radical (unpaired) electrons. The number of hydrogen-bond donors (Lipinski definition) is 0. The summed E-state index contributed by atoms with van der Waals surface area (Å²) in [5, 5.41) is 0.178. The van der Waals surface area contributed by atoms with Crippen LogP contribution in [0.1, 0.15) is 5.69 Å². The Morgan fingerprint density at radius 1 is 1.00 bits per heavy atom. The van der Waals surface area contributed by atoms with E-state index in [1.54, 1.807) is 31.2 Å². The maximum absolute atomic E-state index is 14.0. The molecule has 0 aliphatic carbocycles. The largest absolute Gasteiger partial charge is 0.481 e. The summed E-state index contributed by atoms with van der Waals surface area (Å²) in [7, 11) is 1.51. The second kappa shape index (κ2) is 6.26. The third-order valence-electron chi connectivity index (χ3n) is 3.08. The molecule has 2 heterocycles. The highest BCUT2D eigenvalue weighted by Gasteiger charge is 2.14. The first-order valence-corrected chi connectivity index (χ1v) is 7.14. The Balaban J connectivity index is 2.15. The van der Waals surface area contributed by atoms with Gasteiger partial charge in [0.05, 0.1) is 12.8 Å². The first kappa shape index (κ1) is 15.3. The van der Waals surface area contributed by atoms with Crippen LogP contribution in [0.15, 0.2) is 36.4 Å². The van der Waals surface area contributed by atoms with Crippen molar-refractivity contribution >= 4 is 11.6 Å². The highest BCUT2D eigenvalue weighted by atomic mass is 35.5. The van der Waals surface area contributed by atoms with Crippen molar-refractivity contribution < 1.29 is 9.13 Å². The van der Waals surface area contributed by atoms with E-state index < -0.39 is 5.82 Å². The number of benzene rings is 1. The Morgan fingerprint density at radius 2 is 1.74 bits per heavy atom. The Kier molecular flexibility index (Phi) is 4.16. The predicted octanol–water partition coefficient (Wildman–Crippen LogP) is 3.71. The summed E-state index contributed by atoms with van der Waals surface area (Å²) in [4.78, 5) is 17.0. The summed E-state index contributed by atoms with van der Waals surface area (Å²) in [5.41, 5.74) is 1.39. The first-order valence-electron chi connectivity index (χ1n) is 6.76. The molecule has 5 nitrogen and oxygen atoms in total. The van der Waals surface area contributed by atoms with E-state index in [4.69, 9.17) is 16.3 Å². The van der Waals surface area contributed by atoms with Crippen LogP contribution in [0.3, 0.4) is 0 Å². The van der Waals surface area contributed by atoms with Crippen LogP contribution in [0.5, 0.6) is 5.88 Å². The summed E-state index contributed by atoms with van der Waals surface area (Å²) in [6.07, 6.45) is 0. The normalized spacial score (nSPS) is 10.6. The minimum atomic E-state index is -0.393. The second-order valence-corrected chi connectivity index (χ2v) is 5.14. The SMILES string of the molecule is COc1cc(C)nc(-c2nc(Cl)cc(-c3ccccc3F)n2)n1. The fourth-order valence-corrected chi connectivity index (χ4v) is 2.25. The van der Waals surface area contributed by atoms with Crippen molar-refractivity contribution in [1.29, 1.82) is 0 Å². The fourth-order valence-electron chi connectivity index (χ4n) is 2.07. The predicted molar refractivity (Wildman–Crippen MR) is 84.8 cm³/mol. The first-order chi connectivity index (χ1) is 11.1. The van der Waals surface area contributed by atoms with Crippen molar-refractivity contribution in [2.24, 2.45) is 0 Å². The number of aryl methyl sites for hydroxylation is 1. The monoisotopic (exact) mass is 330 g/mol. The minimum absolute atomic E-state index is 0.178. The molecule has 0 aliphatic heterocycles. The van der Waals surface area contributed by atoms with Crippen LogP contribution in [-0.2, 0) is 0 Å². The number of halogens is 2. The van der Waals surface area contributed by atoms with Gasteiger partial charge in [-0.3, -0.25) is 0 Å². The van der Waals surface area contributed by atoms with Crippen molar-refractivity contribution in [1.82, 2.24) is 19.9 Å². The number of nitrogens with zero attached hydrogens (tertiary/aromatic N) is 4. The molecule has 0 saturated carbocycles. The van der Waals surface area contributed by atoms with Gasteiger partial charge in [-0.05, 0) is 19.1 Å². The van der Waals surface area contributed by atoms with Gasteiger partial charge in [0.15, 0.2) is 5.82 Å². The van der Waals surface area contributed by atoms with Gasteiger partial charge in [-0.25, -0.2) is 19.3 Å². The van der Waals surface area contributed by atoms with Gasteiger partial charge in [0.1, 0.15) is 11.0 Å². The average molecular weight is 331 g/mol. The van der Waals surface area contributed by atoms with E-state index in [9.17, 15) is 4.39 Å². The van der Waals surface area contributed by atoms with Gasteiger partial charge in [-0.15, -0.1) is 0 Å². The Hall–Kier alpha value is -2.60. The molecular weight excluding hydrogens is 319 g/mol. The molecule has 0 saturated heterocycles. The van der Waals surface area contributed by atoms with Crippen molar-refractivity contribution in [2.45, 2.75) is 6.92 Å². The zero-order chi connectivity index (χ0) is 16.4. The number of rotatable bonds is 3. The lowest BCUT2D eigenvalue weighted by Gasteiger charge is -2.07. The van der Waals surface area contributed by atoms with Gasteiger partial charge >= 0.3 is 0 Å². The Labute approximate surface area is 137 Å². The maximum atomic E-state index is 14.0. The zero-order valence-electron chi connectivity index (χ0n) is 12.4. The maximum Gasteiger partial charge on any atom is 0.216 e. The zero-order valence-corrected chi connectivity index (χ0v) is 13.2. The fraction of sp³-hybridized carbons (Fsp3) is 0.125. The molecular formula is C16H12ClFN4O. The van der Waals surface area contributed by atoms with Crippen LogP contribution in [0.2, 0.25) is 5.15 Å². The third-order valence-corrected chi connectivity index (χ3v) is 3.28. The van der Waals surface area contributed by atoms with Crippen molar-refractivity contribution in [3.05, 3.63) is 53.1 Å². The number of ether oxygens (including phenoxy) is 1. The van der Waals surface area contributed by atoms with Crippen LogP contribution in [0.25, 0.3) is 22.9 Å². The number of aromatic nitrogens is 4. The van der Waals surface area contributed by atoms with E-state index in [-0.39, 0.29) is 16.8 Å². The highest BCUT2D eigenvalue weighted by molar-refractivity contribution is 6.29. The van der Waals surface area contributed by atoms with Gasteiger partial charge in [0.2, 0.25) is 11.7 Å². The van der Waals surface area contributed by atoms with Crippen LogP contribution in [0, 0.1) is 12.7 Å². The molecule has 1 aromatic carbocycles. The molecule has 0 unspecified atom stereocenters. The van der Waals surface area contributed by atoms with Crippen LogP contribution >= 0.6 is 11.6 Å². The van der Waals surface area contributed by atoms with E-state index in [1.807, 2.05) is 0 Å². The second-order valence-electron chi connectivity index (χ2n) is 4.75. The van der Waals surface area contributed by atoms with Gasteiger partial charge in [-0.1, -0.05) is 23.7 Å². The molecule has 3 rings (SSSR count). The molecule has 3 aromatic rings. The molecule has 0 amide bonds. The van der Waals surface area contributed by atoms with Gasteiger partial charge in [0.25, 0.3) is 0 Å². The van der Waals surface area contributed by atoms with Crippen LogP contribution in [-0.4, -0.2) is 27.0 Å². The highest BCUT2D eigenvalue weighted by Crippen LogP contribution is 2.25. The van der Waals surface area contributed by atoms with Crippen molar-refractivity contribution in [3.8, 4) is 28.8 Å². The van der Waals surface area contributed by atoms with Gasteiger partial charge < -0.3 is 4.74 Å². The summed E-state index contributed by atoms with van der Waals surface area (Å²) in [6.45, 7) is 1.80. The molecule has 0 bridgehead atoms. The quantitative estimate of drug-likeness (QED) is 0.685. The lowest BCUT2D eigenvalue weighted by molar-refractivity contribution is 0.397. The summed E-state index contributed by atoms with van der Waals surface area (Å²) in [5.74, 6) is 0.471. The third kappa shape index (κ3) is 3.27. The molecule has 0 spiro atoms. The van der Waals surface area contributed by atoms with Gasteiger partial charge in [-0.2, -0.15) is 4.98 Å². The van der Waals surface area contributed by atoms with E-state index in [0.717, 1.165) is 0 Å².